The lowest BCUT2D eigenvalue weighted by molar-refractivity contribution is -0.0750. The van der Waals surface area contributed by atoms with E-state index < -0.39 is 6.10 Å². The topological polar surface area (TPSA) is 32.7 Å². The highest BCUT2D eigenvalue weighted by Gasteiger charge is 2.32. The van der Waals surface area contributed by atoms with Crippen molar-refractivity contribution in [3.63, 3.8) is 0 Å². The van der Waals surface area contributed by atoms with Crippen molar-refractivity contribution in [3.8, 4) is 0 Å². The number of rotatable bonds is 2. The molecule has 1 fully saturated rings. The largest absolute Gasteiger partial charge is 0.389 e. The van der Waals surface area contributed by atoms with Crippen LogP contribution in [-0.4, -0.2) is 29.9 Å². The van der Waals surface area contributed by atoms with Crippen LogP contribution < -0.4 is 4.90 Å². The molecule has 0 spiro atoms. The summed E-state index contributed by atoms with van der Waals surface area (Å²) >= 11 is 3.52. The number of nitrogens with zero attached hydrogens (tertiary/aromatic N) is 1. The summed E-state index contributed by atoms with van der Waals surface area (Å²) in [5.74, 6) is 0. The quantitative estimate of drug-likeness (QED) is 0.902. The Morgan fingerprint density at radius 1 is 1.47 bits per heavy atom. The van der Waals surface area contributed by atoms with Crippen LogP contribution in [0, 0.1) is 0 Å². The zero-order valence-electron chi connectivity index (χ0n) is 12.0. The number of morpholine rings is 1. The van der Waals surface area contributed by atoms with Crippen LogP contribution in [0.15, 0.2) is 22.7 Å². The predicted octanol–water partition coefficient (Wildman–Crippen LogP) is 3.51. The molecule has 19 heavy (non-hydrogen) atoms. The van der Waals surface area contributed by atoms with Crippen LogP contribution in [0.25, 0.3) is 0 Å². The third-order valence-corrected chi connectivity index (χ3v) is 3.85. The lowest BCUT2D eigenvalue weighted by atomic mass is 10.0. The molecular formula is C15H22BrNO2. The van der Waals surface area contributed by atoms with Gasteiger partial charge in [-0.25, -0.2) is 0 Å². The van der Waals surface area contributed by atoms with Gasteiger partial charge in [0.15, 0.2) is 0 Å². The number of anilines is 1. The molecule has 2 rings (SSSR count). The van der Waals surface area contributed by atoms with Crippen molar-refractivity contribution in [2.24, 2.45) is 0 Å². The number of hydrogen-bond acceptors (Lipinski definition) is 3. The molecule has 3 nitrogen and oxygen atoms in total. The molecule has 1 heterocycles. The van der Waals surface area contributed by atoms with Crippen molar-refractivity contribution in [2.45, 2.75) is 45.5 Å². The number of benzene rings is 1. The molecule has 0 aliphatic carbocycles. The van der Waals surface area contributed by atoms with Gasteiger partial charge in [-0.05, 0) is 39.8 Å². The van der Waals surface area contributed by atoms with E-state index in [4.69, 9.17) is 4.74 Å². The first kappa shape index (κ1) is 14.8. The summed E-state index contributed by atoms with van der Waals surface area (Å²) in [7, 11) is 0. The summed E-state index contributed by atoms with van der Waals surface area (Å²) in [6.45, 7) is 9.79. The van der Waals surface area contributed by atoms with Crippen molar-refractivity contribution >= 4 is 21.6 Å². The lowest BCUT2D eigenvalue weighted by Crippen LogP contribution is -2.52. The number of ether oxygens (including phenoxy) is 1. The van der Waals surface area contributed by atoms with Crippen molar-refractivity contribution in [3.05, 3.63) is 28.2 Å². The number of aliphatic hydroxyl groups excluding tert-OH is 1. The van der Waals surface area contributed by atoms with Gasteiger partial charge in [0, 0.05) is 28.8 Å². The Morgan fingerprint density at radius 2 is 2.16 bits per heavy atom. The van der Waals surface area contributed by atoms with E-state index >= 15 is 0 Å². The Hall–Kier alpha value is -0.580. The molecule has 0 radical (unpaired) electrons. The Morgan fingerprint density at radius 3 is 2.74 bits per heavy atom. The molecule has 4 heteroatoms. The fourth-order valence-corrected chi connectivity index (χ4v) is 3.13. The van der Waals surface area contributed by atoms with E-state index in [9.17, 15) is 5.11 Å². The van der Waals surface area contributed by atoms with E-state index in [0.29, 0.717) is 0 Å². The van der Waals surface area contributed by atoms with Crippen LogP contribution in [0.5, 0.6) is 0 Å². The zero-order valence-corrected chi connectivity index (χ0v) is 13.6. The minimum absolute atomic E-state index is 0.171. The highest BCUT2D eigenvalue weighted by atomic mass is 79.9. The van der Waals surface area contributed by atoms with Gasteiger partial charge < -0.3 is 14.7 Å². The maximum Gasteiger partial charge on any atom is 0.0805 e. The van der Waals surface area contributed by atoms with Crippen molar-refractivity contribution in [1.82, 2.24) is 0 Å². The molecule has 1 aromatic rings. The van der Waals surface area contributed by atoms with Crippen LogP contribution in [0.2, 0.25) is 0 Å². The molecule has 2 unspecified atom stereocenters. The van der Waals surface area contributed by atoms with Crippen LogP contribution in [0.3, 0.4) is 0 Å². The van der Waals surface area contributed by atoms with Crippen molar-refractivity contribution < 1.29 is 9.84 Å². The van der Waals surface area contributed by atoms with E-state index in [1.54, 1.807) is 0 Å². The normalized spacial score (nSPS) is 24.3. The Kier molecular flexibility index (Phi) is 4.23. The van der Waals surface area contributed by atoms with Crippen molar-refractivity contribution in [2.75, 3.05) is 18.0 Å². The summed E-state index contributed by atoms with van der Waals surface area (Å²) < 4.78 is 6.97. The van der Waals surface area contributed by atoms with E-state index in [1.165, 1.54) is 0 Å². The van der Waals surface area contributed by atoms with Gasteiger partial charge in [0.2, 0.25) is 0 Å². The number of hydrogen-bond donors (Lipinski definition) is 1. The zero-order chi connectivity index (χ0) is 14.2. The third-order valence-electron chi connectivity index (χ3n) is 3.35. The molecule has 1 aliphatic rings. The summed E-state index contributed by atoms with van der Waals surface area (Å²) in [6.07, 6.45) is -0.283. The first-order chi connectivity index (χ1) is 8.78. The molecule has 0 aromatic heterocycles. The second-order valence-corrected chi connectivity index (χ2v) is 6.86. The van der Waals surface area contributed by atoms with Gasteiger partial charge in [0.1, 0.15) is 0 Å². The Balaban J connectivity index is 2.37. The molecule has 1 N–H and O–H groups in total. The Bertz CT molecular complexity index is 459. The van der Waals surface area contributed by atoms with Gasteiger partial charge in [-0.2, -0.15) is 0 Å². The minimum Gasteiger partial charge on any atom is -0.389 e. The van der Waals surface area contributed by atoms with Gasteiger partial charge >= 0.3 is 0 Å². The second kappa shape index (κ2) is 5.43. The van der Waals surface area contributed by atoms with E-state index in [2.05, 4.69) is 47.7 Å². The van der Waals surface area contributed by atoms with Crippen molar-refractivity contribution in [1.29, 1.82) is 0 Å². The van der Waals surface area contributed by atoms with E-state index in [-0.39, 0.29) is 11.7 Å². The van der Waals surface area contributed by atoms with Crippen LogP contribution in [0.4, 0.5) is 5.69 Å². The van der Waals surface area contributed by atoms with E-state index in [1.807, 2.05) is 19.1 Å². The van der Waals surface area contributed by atoms with Crippen LogP contribution >= 0.6 is 15.9 Å². The third kappa shape index (κ3) is 3.50. The fraction of sp³-hybridized carbons (Fsp3) is 0.600. The molecule has 106 valence electrons. The molecular weight excluding hydrogens is 306 g/mol. The van der Waals surface area contributed by atoms with Gasteiger partial charge in [0.25, 0.3) is 0 Å². The lowest BCUT2D eigenvalue weighted by Gasteiger charge is -2.43. The minimum atomic E-state index is -0.468. The first-order valence-electron chi connectivity index (χ1n) is 6.69. The van der Waals surface area contributed by atoms with Crippen LogP contribution in [-0.2, 0) is 4.74 Å². The molecule has 0 bridgehead atoms. The maximum absolute atomic E-state index is 9.95. The second-order valence-electron chi connectivity index (χ2n) is 5.95. The average molecular weight is 328 g/mol. The van der Waals surface area contributed by atoms with Gasteiger partial charge in [-0.3, -0.25) is 0 Å². The summed E-state index contributed by atoms with van der Waals surface area (Å²) in [4.78, 5) is 2.31. The molecule has 1 aromatic carbocycles. The predicted molar refractivity (Wildman–Crippen MR) is 81.6 cm³/mol. The molecule has 0 saturated carbocycles. The molecule has 2 atom stereocenters. The van der Waals surface area contributed by atoms with Gasteiger partial charge in [-0.1, -0.05) is 22.0 Å². The average Bonchev–Trinajstić information content (AvgIpc) is 2.25. The fourth-order valence-electron chi connectivity index (χ4n) is 2.78. The molecule has 1 aliphatic heterocycles. The van der Waals surface area contributed by atoms with Gasteiger partial charge in [0.05, 0.1) is 17.8 Å². The highest BCUT2D eigenvalue weighted by molar-refractivity contribution is 9.10. The summed E-state index contributed by atoms with van der Waals surface area (Å²) in [5, 5.41) is 9.95. The molecule has 0 amide bonds. The SMILES string of the molecule is CC1CN(c2cc(Br)ccc2C(C)O)CC(C)(C)O1. The maximum atomic E-state index is 9.95. The highest BCUT2D eigenvalue weighted by Crippen LogP contribution is 2.33. The van der Waals surface area contributed by atoms with Gasteiger partial charge in [-0.15, -0.1) is 0 Å². The number of aliphatic hydroxyl groups is 1. The summed E-state index contributed by atoms with van der Waals surface area (Å²) in [5.41, 5.74) is 1.89. The smallest absolute Gasteiger partial charge is 0.0805 e. The monoisotopic (exact) mass is 327 g/mol. The Labute approximate surface area is 123 Å². The summed E-state index contributed by atoms with van der Waals surface area (Å²) in [6, 6.07) is 6.04. The first-order valence-corrected chi connectivity index (χ1v) is 7.48. The number of halogens is 1. The van der Waals surface area contributed by atoms with Crippen LogP contribution in [0.1, 0.15) is 39.4 Å². The standard InChI is InChI=1S/C15H22BrNO2/c1-10-8-17(9-15(3,4)19-10)14-7-12(16)5-6-13(14)11(2)18/h5-7,10-11,18H,8-9H2,1-4H3. The molecule has 1 saturated heterocycles. The van der Waals surface area contributed by atoms with E-state index in [0.717, 1.165) is 28.8 Å².